The third kappa shape index (κ3) is 3.96. The van der Waals surface area contributed by atoms with Crippen molar-refractivity contribution in [3.8, 4) is 17.6 Å². The molecule has 1 N–H and O–H groups in total. The summed E-state index contributed by atoms with van der Waals surface area (Å²) in [5.74, 6) is 1.36. The molecule has 0 unspecified atom stereocenters. The smallest absolute Gasteiger partial charge is 0.145 e. The van der Waals surface area contributed by atoms with E-state index in [-0.39, 0.29) is 0 Å². The summed E-state index contributed by atoms with van der Waals surface area (Å²) in [5.41, 5.74) is 1.69. The lowest BCUT2D eigenvalue weighted by molar-refractivity contribution is 0.480. The molecule has 4 heteroatoms. The van der Waals surface area contributed by atoms with Gasteiger partial charge in [0.25, 0.3) is 0 Å². The minimum atomic E-state index is 0.573. The number of ether oxygens (including phenoxy) is 1. The van der Waals surface area contributed by atoms with Crippen molar-refractivity contribution in [2.75, 3.05) is 0 Å². The quantitative estimate of drug-likeness (QED) is 0.779. The van der Waals surface area contributed by atoms with Crippen LogP contribution in [0.2, 0.25) is 0 Å². The van der Waals surface area contributed by atoms with Gasteiger partial charge in [0.2, 0.25) is 0 Å². The molecule has 0 atom stereocenters. The zero-order chi connectivity index (χ0) is 14.7. The fraction of sp³-hybridized carbons (Fsp3) is 0.235. The van der Waals surface area contributed by atoms with Gasteiger partial charge in [-0.15, -0.1) is 0 Å². The second-order valence-electron chi connectivity index (χ2n) is 5.16. The Hall–Kier alpha value is -1.58. The van der Waals surface area contributed by atoms with E-state index in [4.69, 9.17) is 4.74 Å². The fourth-order valence-electron chi connectivity index (χ4n) is 2.07. The standard InChI is InChI=1S/C17H15IN2O/c18-14-2-1-3-16(9-14)21-17-7-4-12(8-13(17)10-19)11-20-15-5-6-15/h1-4,7-9,15,20H,5-6,11H2. The molecular formula is C17H15IN2O. The van der Waals surface area contributed by atoms with E-state index in [2.05, 4.69) is 34.0 Å². The Morgan fingerprint density at radius 1 is 1.24 bits per heavy atom. The molecule has 0 spiro atoms. The molecule has 1 saturated carbocycles. The Bertz CT molecular complexity index is 689. The number of rotatable bonds is 5. The maximum atomic E-state index is 9.31. The maximum Gasteiger partial charge on any atom is 0.145 e. The van der Waals surface area contributed by atoms with Crippen LogP contribution in [0.1, 0.15) is 24.0 Å². The molecule has 1 aliphatic carbocycles. The highest BCUT2D eigenvalue weighted by Crippen LogP contribution is 2.27. The summed E-state index contributed by atoms with van der Waals surface area (Å²) in [7, 11) is 0. The summed E-state index contributed by atoms with van der Waals surface area (Å²) < 4.78 is 6.93. The van der Waals surface area contributed by atoms with Crippen molar-refractivity contribution in [2.24, 2.45) is 0 Å². The van der Waals surface area contributed by atoms with E-state index in [9.17, 15) is 5.26 Å². The lowest BCUT2D eigenvalue weighted by Crippen LogP contribution is -2.15. The molecule has 2 aromatic carbocycles. The summed E-state index contributed by atoms with van der Waals surface area (Å²) in [6.07, 6.45) is 2.53. The average molecular weight is 390 g/mol. The van der Waals surface area contributed by atoms with Gasteiger partial charge in [0, 0.05) is 16.2 Å². The van der Waals surface area contributed by atoms with Crippen LogP contribution in [0, 0.1) is 14.9 Å². The predicted octanol–water partition coefficient (Wildman–Crippen LogP) is 4.21. The summed E-state index contributed by atoms with van der Waals surface area (Å²) >= 11 is 2.24. The molecule has 1 fully saturated rings. The van der Waals surface area contributed by atoms with Crippen molar-refractivity contribution in [2.45, 2.75) is 25.4 Å². The van der Waals surface area contributed by atoms with Crippen molar-refractivity contribution in [3.05, 3.63) is 57.2 Å². The molecule has 0 aromatic heterocycles. The molecule has 21 heavy (non-hydrogen) atoms. The van der Waals surface area contributed by atoms with Gasteiger partial charge in [0.05, 0.1) is 5.56 Å². The van der Waals surface area contributed by atoms with Crippen LogP contribution in [0.5, 0.6) is 11.5 Å². The van der Waals surface area contributed by atoms with Gasteiger partial charge < -0.3 is 10.1 Å². The fourth-order valence-corrected chi connectivity index (χ4v) is 2.59. The van der Waals surface area contributed by atoms with Gasteiger partial charge >= 0.3 is 0 Å². The molecule has 0 heterocycles. The first-order chi connectivity index (χ1) is 10.2. The van der Waals surface area contributed by atoms with Gasteiger partial charge in [-0.1, -0.05) is 12.1 Å². The highest BCUT2D eigenvalue weighted by atomic mass is 127. The Morgan fingerprint density at radius 3 is 2.81 bits per heavy atom. The Kier molecular flexibility index (Phi) is 4.42. The molecular weight excluding hydrogens is 375 g/mol. The first-order valence-electron chi connectivity index (χ1n) is 6.94. The normalized spacial score (nSPS) is 13.7. The second kappa shape index (κ2) is 6.46. The van der Waals surface area contributed by atoms with Gasteiger partial charge in [0.1, 0.15) is 17.6 Å². The number of nitrogens with zero attached hydrogens (tertiary/aromatic N) is 1. The van der Waals surface area contributed by atoms with Crippen LogP contribution in [0.15, 0.2) is 42.5 Å². The lowest BCUT2D eigenvalue weighted by Gasteiger charge is -2.10. The maximum absolute atomic E-state index is 9.31. The highest BCUT2D eigenvalue weighted by Gasteiger charge is 2.20. The van der Waals surface area contributed by atoms with E-state index < -0.39 is 0 Å². The first-order valence-corrected chi connectivity index (χ1v) is 8.02. The minimum absolute atomic E-state index is 0.573. The molecule has 3 rings (SSSR count). The van der Waals surface area contributed by atoms with Crippen LogP contribution in [-0.4, -0.2) is 6.04 Å². The number of nitriles is 1. The SMILES string of the molecule is N#Cc1cc(CNC2CC2)ccc1Oc1cccc(I)c1. The summed E-state index contributed by atoms with van der Waals surface area (Å²) in [4.78, 5) is 0. The van der Waals surface area contributed by atoms with Crippen LogP contribution in [0.4, 0.5) is 0 Å². The Balaban J connectivity index is 1.76. The minimum Gasteiger partial charge on any atom is -0.456 e. The largest absolute Gasteiger partial charge is 0.456 e. The van der Waals surface area contributed by atoms with Crippen molar-refractivity contribution >= 4 is 22.6 Å². The number of hydrogen-bond acceptors (Lipinski definition) is 3. The number of benzene rings is 2. The third-order valence-electron chi connectivity index (χ3n) is 3.36. The first kappa shape index (κ1) is 14.4. The van der Waals surface area contributed by atoms with Crippen LogP contribution in [-0.2, 0) is 6.54 Å². The molecule has 106 valence electrons. The molecule has 3 nitrogen and oxygen atoms in total. The predicted molar refractivity (Wildman–Crippen MR) is 90.3 cm³/mol. The zero-order valence-electron chi connectivity index (χ0n) is 11.5. The lowest BCUT2D eigenvalue weighted by atomic mass is 10.1. The Morgan fingerprint density at radius 2 is 2.10 bits per heavy atom. The van der Waals surface area contributed by atoms with Crippen LogP contribution >= 0.6 is 22.6 Å². The van der Waals surface area contributed by atoms with E-state index >= 15 is 0 Å². The monoisotopic (exact) mass is 390 g/mol. The summed E-state index contributed by atoms with van der Waals surface area (Å²) in [6, 6.07) is 16.5. The average Bonchev–Trinajstić information content (AvgIpc) is 3.30. The topological polar surface area (TPSA) is 45.0 Å². The van der Waals surface area contributed by atoms with E-state index in [1.807, 2.05) is 42.5 Å². The molecule has 0 saturated heterocycles. The van der Waals surface area contributed by atoms with E-state index in [1.165, 1.54) is 12.8 Å². The molecule has 1 aliphatic rings. The van der Waals surface area contributed by atoms with E-state index in [0.717, 1.165) is 21.4 Å². The van der Waals surface area contributed by atoms with Crippen molar-refractivity contribution in [1.82, 2.24) is 5.32 Å². The van der Waals surface area contributed by atoms with Gasteiger partial charge in [-0.3, -0.25) is 0 Å². The summed E-state index contributed by atoms with van der Waals surface area (Å²) in [6.45, 7) is 0.808. The van der Waals surface area contributed by atoms with Crippen molar-refractivity contribution in [1.29, 1.82) is 5.26 Å². The van der Waals surface area contributed by atoms with E-state index in [0.29, 0.717) is 17.4 Å². The van der Waals surface area contributed by atoms with Crippen molar-refractivity contribution < 1.29 is 4.74 Å². The van der Waals surface area contributed by atoms with Crippen molar-refractivity contribution in [3.63, 3.8) is 0 Å². The van der Waals surface area contributed by atoms with Gasteiger partial charge in [-0.05, 0) is 71.3 Å². The Labute approximate surface area is 138 Å². The molecule has 0 radical (unpaired) electrons. The van der Waals surface area contributed by atoms with E-state index in [1.54, 1.807) is 0 Å². The van der Waals surface area contributed by atoms with Gasteiger partial charge in [-0.25, -0.2) is 0 Å². The molecule has 0 bridgehead atoms. The number of hydrogen-bond donors (Lipinski definition) is 1. The second-order valence-corrected chi connectivity index (χ2v) is 6.40. The molecule has 0 amide bonds. The number of nitrogens with one attached hydrogen (secondary N) is 1. The van der Waals surface area contributed by atoms with Gasteiger partial charge in [0.15, 0.2) is 0 Å². The van der Waals surface area contributed by atoms with Crippen LogP contribution in [0.3, 0.4) is 0 Å². The molecule has 2 aromatic rings. The van der Waals surface area contributed by atoms with Gasteiger partial charge in [-0.2, -0.15) is 5.26 Å². The third-order valence-corrected chi connectivity index (χ3v) is 4.03. The van der Waals surface area contributed by atoms with Crippen LogP contribution < -0.4 is 10.1 Å². The summed E-state index contributed by atoms with van der Waals surface area (Å²) in [5, 5.41) is 12.8. The number of halogens is 1. The highest BCUT2D eigenvalue weighted by molar-refractivity contribution is 14.1. The van der Waals surface area contributed by atoms with Crippen LogP contribution in [0.25, 0.3) is 0 Å². The molecule has 0 aliphatic heterocycles. The zero-order valence-corrected chi connectivity index (χ0v) is 13.6.